The molecule has 1 heterocycles. The molecule has 104 valence electrons. The summed E-state index contributed by atoms with van der Waals surface area (Å²) in [5, 5.41) is 7.53. The summed E-state index contributed by atoms with van der Waals surface area (Å²) >= 11 is 0. The van der Waals surface area contributed by atoms with Gasteiger partial charge in [-0.1, -0.05) is 13.8 Å². The number of anilines is 1. The molecule has 0 aliphatic heterocycles. The Morgan fingerprint density at radius 2 is 1.94 bits per heavy atom. The molecule has 0 amide bonds. The molecule has 1 rings (SSSR count). The molecule has 0 saturated carbocycles. The first-order valence-corrected chi connectivity index (χ1v) is 7.05. The highest BCUT2D eigenvalue weighted by atomic mass is 16.5. The van der Waals surface area contributed by atoms with Crippen molar-refractivity contribution in [1.29, 1.82) is 0 Å². The van der Waals surface area contributed by atoms with E-state index in [0.717, 1.165) is 44.8 Å². The van der Waals surface area contributed by atoms with E-state index in [4.69, 9.17) is 4.52 Å². The average Bonchev–Trinajstić information content (AvgIpc) is 2.84. The number of hydrogen-bond acceptors (Lipinski definition) is 5. The summed E-state index contributed by atoms with van der Waals surface area (Å²) in [5.74, 6) is 1.44. The molecular formula is C13H26N4O. The van der Waals surface area contributed by atoms with E-state index < -0.39 is 0 Å². The summed E-state index contributed by atoms with van der Waals surface area (Å²) in [6.45, 7) is 11.4. The van der Waals surface area contributed by atoms with Gasteiger partial charge in [0.15, 0.2) is 0 Å². The highest BCUT2D eigenvalue weighted by Gasteiger charge is 2.14. The van der Waals surface area contributed by atoms with Crippen molar-refractivity contribution in [3.05, 3.63) is 5.89 Å². The maximum Gasteiger partial charge on any atom is 0.266 e. The van der Waals surface area contributed by atoms with Crippen molar-refractivity contribution in [2.45, 2.75) is 53.0 Å². The van der Waals surface area contributed by atoms with Crippen molar-refractivity contribution >= 4 is 5.95 Å². The lowest BCUT2D eigenvalue weighted by Crippen LogP contribution is -2.31. The van der Waals surface area contributed by atoms with Gasteiger partial charge in [-0.15, -0.1) is 0 Å². The predicted molar refractivity (Wildman–Crippen MR) is 73.9 cm³/mol. The summed E-state index contributed by atoms with van der Waals surface area (Å²) in [6, 6.07) is 0.426. The van der Waals surface area contributed by atoms with Crippen LogP contribution in [0.15, 0.2) is 4.52 Å². The van der Waals surface area contributed by atoms with Crippen LogP contribution in [-0.4, -0.2) is 35.8 Å². The van der Waals surface area contributed by atoms with Crippen LogP contribution in [0, 0.1) is 0 Å². The van der Waals surface area contributed by atoms with Gasteiger partial charge in [0.2, 0.25) is 5.89 Å². The van der Waals surface area contributed by atoms with E-state index in [1.807, 2.05) is 0 Å². The van der Waals surface area contributed by atoms with Crippen molar-refractivity contribution in [2.75, 3.05) is 24.5 Å². The van der Waals surface area contributed by atoms with Crippen LogP contribution in [0.3, 0.4) is 0 Å². The zero-order valence-corrected chi connectivity index (χ0v) is 12.1. The first-order valence-electron chi connectivity index (χ1n) is 7.05. The zero-order valence-electron chi connectivity index (χ0n) is 12.1. The van der Waals surface area contributed by atoms with Crippen LogP contribution in [0.25, 0.3) is 0 Å². The van der Waals surface area contributed by atoms with Crippen molar-refractivity contribution in [3.8, 4) is 0 Å². The van der Waals surface area contributed by atoms with Crippen molar-refractivity contribution in [3.63, 3.8) is 0 Å². The lowest BCUT2D eigenvalue weighted by atomic mass is 10.1. The van der Waals surface area contributed by atoms with Crippen LogP contribution in [-0.2, 0) is 6.42 Å². The molecule has 0 saturated heterocycles. The maximum absolute atomic E-state index is 5.32. The number of hydrogen-bond donors (Lipinski definition) is 1. The number of rotatable bonds is 9. The van der Waals surface area contributed by atoms with Gasteiger partial charge in [0.25, 0.3) is 5.95 Å². The third kappa shape index (κ3) is 4.29. The Balaban J connectivity index is 2.56. The third-order valence-corrected chi connectivity index (χ3v) is 3.10. The van der Waals surface area contributed by atoms with Gasteiger partial charge in [-0.2, -0.15) is 4.98 Å². The van der Waals surface area contributed by atoms with Crippen LogP contribution in [0.4, 0.5) is 5.95 Å². The van der Waals surface area contributed by atoms with Gasteiger partial charge >= 0.3 is 0 Å². The van der Waals surface area contributed by atoms with Gasteiger partial charge in [0.1, 0.15) is 0 Å². The molecule has 1 N–H and O–H groups in total. The predicted octanol–water partition coefficient (Wildman–Crippen LogP) is 2.24. The summed E-state index contributed by atoms with van der Waals surface area (Å²) in [6.07, 6.45) is 3.03. The fraction of sp³-hybridized carbons (Fsp3) is 0.846. The Morgan fingerprint density at radius 1 is 1.22 bits per heavy atom. The average molecular weight is 254 g/mol. The fourth-order valence-electron chi connectivity index (χ4n) is 1.88. The molecular weight excluding hydrogens is 228 g/mol. The van der Waals surface area contributed by atoms with Gasteiger partial charge < -0.3 is 14.7 Å². The summed E-state index contributed by atoms with van der Waals surface area (Å²) in [4.78, 5) is 6.55. The minimum absolute atomic E-state index is 0.426. The molecule has 0 spiro atoms. The fourth-order valence-corrected chi connectivity index (χ4v) is 1.88. The van der Waals surface area contributed by atoms with Gasteiger partial charge in [0.05, 0.1) is 0 Å². The summed E-state index contributed by atoms with van der Waals surface area (Å²) < 4.78 is 5.32. The molecule has 5 heteroatoms. The standard InChI is InChI=1S/C13H26N4O/c1-5-9-14-11(6-2)10-12-15-13(16-18-12)17(7-3)8-4/h11,14H,5-10H2,1-4H3. The smallest absolute Gasteiger partial charge is 0.266 e. The Labute approximate surface area is 110 Å². The molecule has 0 radical (unpaired) electrons. The minimum Gasteiger partial charge on any atom is -0.339 e. The second-order valence-electron chi connectivity index (χ2n) is 4.42. The third-order valence-electron chi connectivity index (χ3n) is 3.10. The van der Waals surface area contributed by atoms with Crippen molar-refractivity contribution in [2.24, 2.45) is 0 Å². The molecule has 1 aromatic rings. The number of nitrogens with zero attached hydrogens (tertiary/aromatic N) is 3. The highest BCUT2D eigenvalue weighted by molar-refractivity contribution is 5.26. The van der Waals surface area contributed by atoms with E-state index >= 15 is 0 Å². The van der Waals surface area contributed by atoms with E-state index in [-0.39, 0.29) is 0 Å². The molecule has 0 aliphatic rings. The van der Waals surface area contributed by atoms with Crippen LogP contribution in [0.5, 0.6) is 0 Å². The lowest BCUT2D eigenvalue weighted by Gasteiger charge is -2.15. The monoisotopic (exact) mass is 254 g/mol. The van der Waals surface area contributed by atoms with Crippen molar-refractivity contribution < 1.29 is 4.52 Å². The highest BCUT2D eigenvalue weighted by Crippen LogP contribution is 2.11. The first-order chi connectivity index (χ1) is 8.74. The van der Waals surface area contributed by atoms with Gasteiger partial charge in [-0.25, -0.2) is 0 Å². The first kappa shape index (κ1) is 15.0. The van der Waals surface area contributed by atoms with E-state index in [9.17, 15) is 0 Å². The zero-order chi connectivity index (χ0) is 13.4. The Morgan fingerprint density at radius 3 is 2.50 bits per heavy atom. The largest absolute Gasteiger partial charge is 0.339 e. The quantitative estimate of drug-likeness (QED) is 0.732. The van der Waals surface area contributed by atoms with E-state index in [0.29, 0.717) is 12.0 Å². The summed E-state index contributed by atoms with van der Waals surface area (Å²) in [5.41, 5.74) is 0. The summed E-state index contributed by atoms with van der Waals surface area (Å²) in [7, 11) is 0. The molecule has 0 aliphatic carbocycles. The molecule has 1 atom stereocenters. The SMILES string of the molecule is CCCNC(CC)Cc1nc(N(CC)CC)no1. The second kappa shape index (κ2) is 8.08. The Bertz CT molecular complexity index is 323. The Kier molecular flexibility index (Phi) is 6.72. The van der Waals surface area contributed by atoms with E-state index in [1.54, 1.807) is 0 Å². The van der Waals surface area contributed by atoms with Gasteiger partial charge in [0, 0.05) is 25.6 Å². The van der Waals surface area contributed by atoms with Crippen LogP contribution in [0.1, 0.15) is 46.4 Å². The van der Waals surface area contributed by atoms with Gasteiger partial charge in [-0.05, 0) is 38.4 Å². The lowest BCUT2D eigenvalue weighted by molar-refractivity contribution is 0.353. The van der Waals surface area contributed by atoms with Crippen LogP contribution >= 0.6 is 0 Å². The molecule has 0 fully saturated rings. The normalized spacial score (nSPS) is 12.7. The van der Waals surface area contributed by atoms with Gasteiger partial charge in [-0.3, -0.25) is 0 Å². The Hall–Kier alpha value is -1.10. The van der Waals surface area contributed by atoms with Crippen LogP contribution < -0.4 is 10.2 Å². The maximum atomic E-state index is 5.32. The number of aromatic nitrogens is 2. The van der Waals surface area contributed by atoms with Crippen LogP contribution in [0.2, 0.25) is 0 Å². The van der Waals surface area contributed by atoms with E-state index in [1.165, 1.54) is 0 Å². The minimum atomic E-state index is 0.426. The topological polar surface area (TPSA) is 54.2 Å². The molecule has 0 bridgehead atoms. The molecule has 0 aromatic carbocycles. The molecule has 1 unspecified atom stereocenters. The molecule has 18 heavy (non-hydrogen) atoms. The van der Waals surface area contributed by atoms with Crippen molar-refractivity contribution in [1.82, 2.24) is 15.5 Å². The number of nitrogens with one attached hydrogen (secondary N) is 1. The second-order valence-corrected chi connectivity index (χ2v) is 4.42. The van der Waals surface area contributed by atoms with E-state index in [2.05, 4.69) is 48.1 Å². The molecule has 1 aromatic heterocycles. The molecule has 5 nitrogen and oxygen atoms in total.